The summed E-state index contributed by atoms with van der Waals surface area (Å²) in [6.45, 7) is 5.22. The standard InChI is InChI=1S/C17H27N7/c1-21(13-16-19-20-17(22(16)2)14-4-5-14)15-6-9-23(12-15)10-11-24-8-3-7-18-24/h3,7-8,14-15H,4-6,9-13H2,1-2H3/t15-/m0/s1. The maximum atomic E-state index is 4.42. The first kappa shape index (κ1) is 15.8. The molecule has 130 valence electrons. The molecule has 0 radical (unpaired) electrons. The van der Waals surface area contributed by atoms with Gasteiger partial charge in [0.05, 0.1) is 13.1 Å². The second kappa shape index (κ2) is 6.64. The molecule has 0 aromatic carbocycles. The summed E-state index contributed by atoms with van der Waals surface area (Å²) in [5.41, 5.74) is 0. The van der Waals surface area contributed by atoms with Gasteiger partial charge in [-0.25, -0.2) is 0 Å². The minimum absolute atomic E-state index is 0.601. The van der Waals surface area contributed by atoms with E-state index in [9.17, 15) is 0 Å². The Kier molecular flexibility index (Phi) is 4.37. The number of nitrogens with zero attached hydrogens (tertiary/aromatic N) is 7. The Morgan fingerprint density at radius 2 is 2.08 bits per heavy atom. The van der Waals surface area contributed by atoms with E-state index in [1.807, 2.05) is 23.1 Å². The number of likely N-dealkylation sites (tertiary alicyclic amines) is 1. The van der Waals surface area contributed by atoms with Gasteiger partial charge in [0, 0.05) is 44.5 Å². The van der Waals surface area contributed by atoms with Crippen LogP contribution in [0.25, 0.3) is 0 Å². The molecule has 0 unspecified atom stereocenters. The summed E-state index contributed by atoms with van der Waals surface area (Å²) in [7, 11) is 4.33. The smallest absolute Gasteiger partial charge is 0.146 e. The summed E-state index contributed by atoms with van der Waals surface area (Å²) in [4.78, 5) is 4.98. The zero-order valence-corrected chi connectivity index (χ0v) is 14.7. The minimum Gasteiger partial charge on any atom is -0.317 e. The second-order valence-corrected chi connectivity index (χ2v) is 7.24. The zero-order valence-electron chi connectivity index (χ0n) is 14.7. The fourth-order valence-electron chi connectivity index (χ4n) is 3.61. The molecule has 0 bridgehead atoms. The van der Waals surface area contributed by atoms with Crippen LogP contribution in [0.4, 0.5) is 0 Å². The molecule has 1 aliphatic carbocycles. The summed E-state index contributed by atoms with van der Waals surface area (Å²) < 4.78 is 4.22. The summed E-state index contributed by atoms with van der Waals surface area (Å²) >= 11 is 0. The van der Waals surface area contributed by atoms with Gasteiger partial charge in [0.2, 0.25) is 0 Å². The molecule has 2 aromatic rings. The fourth-order valence-corrected chi connectivity index (χ4v) is 3.61. The Hall–Kier alpha value is -1.73. The van der Waals surface area contributed by atoms with Gasteiger partial charge in [-0.1, -0.05) is 0 Å². The molecule has 1 aliphatic heterocycles. The molecule has 1 saturated carbocycles. The third-order valence-electron chi connectivity index (χ3n) is 5.41. The molecule has 7 heteroatoms. The van der Waals surface area contributed by atoms with Crippen LogP contribution in [0.3, 0.4) is 0 Å². The van der Waals surface area contributed by atoms with E-state index in [0.717, 1.165) is 32.0 Å². The molecule has 2 aliphatic rings. The van der Waals surface area contributed by atoms with Crippen LogP contribution >= 0.6 is 0 Å². The summed E-state index contributed by atoms with van der Waals surface area (Å²) in [6, 6.07) is 2.58. The minimum atomic E-state index is 0.601. The van der Waals surface area contributed by atoms with Crippen molar-refractivity contribution in [2.24, 2.45) is 7.05 Å². The monoisotopic (exact) mass is 329 g/mol. The van der Waals surface area contributed by atoms with Crippen molar-refractivity contribution in [2.75, 3.05) is 26.7 Å². The van der Waals surface area contributed by atoms with Gasteiger partial charge in [0.25, 0.3) is 0 Å². The predicted octanol–water partition coefficient (Wildman–Crippen LogP) is 1.10. The molecule has 1 atom stereocenters. The van der Waals surface area contributed by atoms with Gasteiger partial charge in [-0.2, -0.15) is 5.10 Å². The number of likely N-dealkylation sites (N-methyl/N-ethyl adjacent to an activating group) is 1. The van der Waals surface area contributed by atoms with Crippen molar-refractivity contribution in [2.45, 2.75) is 44.3 Å². The van der Waals surface area contributed by atoms with Crippen LogP contribution in [0.2, 0.25) is 0 Å². The SMILES string of the molecule is CN(Cc1nnc(C2CC2)n1C)[C@H]1CCN(CCn2cccn2)C1. The van der Waals surface area contributed by atoms with E-state index in [0.29, 0.717) is 12.0 Å². The van der Waals surface area contributed by atoms with Crippen LogP contribution in [0, 0.1) is 0 Å². The Labute approximate surface area is 143 Å². The first-order chi connectivity index (χ1) is 11.7. The highest BCUT2D eigenvalue weighted by Crippen LogP contribution is 2.38. The van der Waals surface area contributed by atoms with Gasteiger partial charge in [0.15, 0.2) is 0 Å². The van der Waals surface area contributed by atoms with Gasteiger partial charge >= 0.3 is 0 Å². The molecule has 1 saturated heterocycles. The molecule has 0 N–H and O–H groups in total. The van der Waals surface area contributed by atoms with E-state index in [4.69, 9.17) is 0 Å². The van der Waals surface area contributed by atoms with Crippen LogP contribution in [0.5, 0.6) is 0 Å². The predicted molar refractivity (Wildman–Crippen MR) is 91.5 cm³/mol. The zero-order chi connectivity index (χ0) is 16.5. The number of hydrogen-bond donors (Lipinski definition) is 0. The molecular weight excluding hydrogens is 302 g/mol. The van der Waals surface area contributed by atoms with E-state index in [2.05, 4.69) is 43.8 Å². The third kappa shape index (κ3) is 3.37. The van der Waals surface area contributed by atoms with Gasteiger partial charge in [-0.05, 0) is 38.9 Å². The Balaban J connectivity index is 1.28. The topological polar surface area (TPSA) is 55.0 Å². The van der Waals surface area contributed by atoms with E-state index in [1.54, 1.807) is 0 Å². The largest absolute Gasteiger partial charge is 0.317 e. The van der Waals surface area contributed by atoms with E-state index >= 15 is 0 Å². The van der Waals surface area contributed by atoms with Crippen molar-refractivity contribution in [3.8, 4) is 0 Å². The molecule has 2 fully saturated rings. The molecule has 24 heavy (non-hydrogen) atoms. The highest BCUT2D eigenvalue weighted by molar-refractivity contribution is 5.07. The van der Waals surface area contributed by atoms with Gasteiger partial charge in [-0.3, -0.25) is 14.5 Å². The number of hydrogen-bond acceptors (Lipinski definition) is 5. The van der Waals surface area contributed by atoms with Crippen molar-refractivity contribution in [1.82, 2.24) is 34.3 Å². The van der Waals surface area contributed by atoms with E-state index in [1.165, 1.54) is 31.6 Å². The number of rotatable bonds is 7. The van der Waals surface area contributed by atoms with Crippen LogP contribution in [-0.4, -0.2) is 67.1 Å². The first-order valence-corrected chi connectivity index (χ1v) is 8.99. The summed E-state index contributed by atoms with van der Waals surface area (Å²) in [6.07, 6.45) is 7.65. The van der Waals surface area contributed by atoms with E-state index < -0.39 is 0 Å². The number of aromatic nitrogens is 5. The molecular formula is C17H27N7. The molecule has 2 aromatic heterocycles. The fraction of sp³-hybridized carbons (Fsp3) is 0.706. The molecule has 7 nitrogen and oxygen atoms in total. The molecule has 0 amide bonds. The maximum absolute atomic E-state index is 4.42. The van der Waals surface area contributed by atoms with Crippen molar-refractivity contribution in [1.29, 1.82) is 0 Å². The lowest BCUT2D eigenvalue weighted by Gasteiger charge is -2.24. The lowest BCUT2D eigenvalue weighted by atomic mass is 10.2. The van der Waals surface area contributed by atoms with Crippen LogP contribution < -0.4 is 0 Å². The normalized spacial score (nSPS) is 21.9. The lowest BCUT2D eigenvalue weighted by molar-refractivity contribution is 0.215. The second-order valence-electron chi connectivity index (χ2n) is 7.24. The third-order valence-corrected chi connectivity index (χ3v) is 5.41. The van der Waals surface area contributed by atoms with Crippen molar-refractivity contribution >= 4 is 0 Å². The Morgan fingerprint density at radius 1 is 1.21 bits per heavy atom. The van der Waals surface area contributed by atoms with Crippen LogP contribution in [0.15, 0.2) is 18.5 Å². The van der Waals surface area contributed by atoms with Gasteiger partial charge in [0.1, 0.15) is 11.6 Å². The average molecular weight is 329 g/mol. The summed E-state index contributed by atoms with van der Waals surface area (Å²) in [5, 5.41) is 13.1. The maximum Gasteiger partial charge on any atom is 0.146 e. The van der Waals surface area contributed by atoms with Crippen molar-refractivity contribution < 1.29 is 0 Å². The summed E-state index contributed by atoms with van der Waals surface area (Å²) in [5.74, 6) is 2.92. The van der Waals surface area contributed by atoms with Crippen LogP contribution in [-0.2, 0) is 20.1 Å². The van der Waals surface area contributed by atoms with Crippen LogP contribution in [0.1, 0.15) is 36.8 Å². The molecule has 4 rings (SSSR count). The molecule has 0 spiro atoms. The Morgan fingerprint density at radius 3 is 2.83 bits per heavy atom. The lowest BCUT2D eigenvalue weighted by Crippen LogP contribution is -2.35. The average Bonchev–Trinajstić information content (AvgIpc) is 3.00. The van der Waals surface area contributed by atoms with E-state index in [-0.39, 0.29) is 0 Å². The Bertz CT molecular complexity index is 659. The highest BCUT2D eigenvalue weighted by Gasteiger charge is 2.30. The van der Waals surface area contributed by atoms with Gasteiger partial charge in [-0.15, -0.1) is 10.2 Å². The van der Waals surface area contributed by atoms with Crippen molar-refractivity contribution in [3.63, 3.8) is 0 Å². The quantitative estimate of drug-likeness (QED) is 0.761. The first-order valence-electron chi connectivity index (χ1n) is 8.99. The van der Waals surface area contributed by atoms with Gasteiger partial charge < -0.3 is 4.57 Å². The molecule has 3 heterocycles. The van der Waals surface area contributed by atoms with Crippen molar-refractivity contribution in [3.05, 3.63) is 30.1 Å². The highest BCUT2D eigenvalue weighted by atomic mass is 15.3.